The molecular weight excluding hydrogens is 286 g/mol. The van der Waals surface area contributed by atoms with Gasteiger partial charge in [0.15, 0.2) is 0 Å². The second-order valence-corrected chi connectivity index (χ2v) is 10.6. The Balaban J connectivity index is 2.73. The average Bonchev–Trinajstić information content (AvgIpc) is 2.25. The van der Waals surface area contributed by atoms with Crippen LogP contribution in [0.4, 0.5) is 0 Å². The van der Waals surface area contributed by atoms with Gasteiger partial charge in [0.05, 0.1) is 13.3 Å². The Hall–Kier alpha value is -0.280. The SMILES string of the molecule is COc1ccc(C=NN(C)P(=S)(Cl)Cl)cc1. The largest absolute Gasteiger partial charge is 0.497 e. The lowest BCUT2D eigenvalue weighted by Crippen LogP contribution is -2.00. The Kier molecular flexibility index (Phi) is 5.06. The van der Waals surface area contributed by atoms with Gasteiger partial charge >= 0.3 is 0 Å². The molecule has 0 N–H and O–H groups in total. The van der Waals surface area contributed by atoms with Gasteiger partial charge < -0.3 is 4.74 Å². The van der Waals surface area contributed by atoms with Crippen molar-refractivity contribution >= 4 is 45.4 Å². The van der Waals surface area contributed by atoms with Gasteiger partial charge in [-0.1, -0.05) is 0 Å². The van der Waals surface area contributed by atoms with Crippen LogP contribution in [0.3, 0.4) is 0 Å². The second kappa shape index (κ2) is 5.87. The molecule has 0 saturated carbocycles. The molecule has 0 atom stereocenters. The lowest BCUT2D eigenvalue weighted by atomic mass is 10.2. The maximum atomic E-state index is 5.78. The highest BCUT2D eigenvalue weighted by atomic mass is 35.9. The number of hydrogen-bond acceptors (Lipinski definition) is 3. The van der Waals surface area contributed by atoms with E-state index in [-0.39, 0.29) is 0 Å². The molecule has 0 radical (unpaired) electrons. The summed E-state index contributed by atoms with van der Waals surface area (Å²) in [5.74, 6) is 0.797. The van der Waals surface area contributed by atoms with E-state index in [4.69, 9.17) is 39.0 Å². The van der Waals surface area contributed by atoms with Crippen LogP contribution in [0.5, 0.6) is 5.75 Å². The van der Waals surface area contributed by atoms with Crippen molar-refractivity contribution in [1.82, 2.24) is 4.78 Å². The summed E-state index contributed by atoms with van der Waals surface area (Å²) >= 11 is 16.5. The molecule has 0 saturated heterocycles. The summed E-state index contributed by atoms with van der Waals surface area (Å²) in [4.78, 5) is -2.52. The third kappa shape index (κ3) is 4.30. The van der Waals surface area contributed by atoms with E-state index in [1.54, 1.807) is 20.4 Å². The minimum atomic E-state index is -2.52. The van der Waals surface area contributed by atoms with Crippen molar-refractivity contribution in [2.45, 2.75) is 0 Å². The Morgan fingerprint density at radius 2 is 1.94 bits per heavy atom. The third-order valence-electron chi connectivity index (χ3n) is 1.83. The van der Waals surface area contributed by atoms with Crippen LogP contribution < -0.4 is 4.74 Å². The van der Waals surface area contributed by atoms with Crippen molar-refractivity contribution in [3.05, 3.63) is 29.8 Å². The highest BCUT2D eigenvalue weighted by Gasteiger charge is 2.12. The monoisotopic (exact) mass is 296 g/mol. The zero-order valence-electron chi connectivity index (χ0n) is 8.80. The smallest absolute Gasteiger partial charge is 0.222 e. The Morgan fingerprint density at radius 1 is 1.38 bits per heavy atom. The molecule has 0 aliphatic carbocycles. The molecule has 7 heteroatoms. The van der Waals surface area contributed by atoms with Crippen molar-refractivity contribution in [1.29, 1.82) is 0 Å². The third-order valence-corrected chi connectivity index (χ3v) is 4.63. The van der Waals surface area contributed by atoms with E-state index < -0.39 is 4.89 Å². The first-order chi connectivity index (χ1) is 7.43. The van der Waals surface area contributed by atoms with E-state index in [1.165, 1.54) is 4.78 Å². The maximum absolute atomic E-state index is 5.78. The maximum Gasteiger partial charge on any atom is 0.222 e. The number of hydrazone groups is 1. The van der Waals surface area contributed by atoms with Crippen LogP contribution in [0.15, 0.2) is 29.4 Å². The van der Waals surface area contributed by atoms with Gasteiger partial charge in [0, 0.05) is 7.05 Å². The number of nitrogens with zero attached hydrogens (tertiary/aromatic N) is 2. The van der Waals surface area contributed by atoms with Crippen LogP contribution in [-0.2, 0) is 11.8 Å². The number of methoxy groups -OCH3 is 1. The van der Waals surface area contributed by atoms with Crippen molar-refractivity contribution in [2.24, 2.45) is 5.10 Å². The second-order valence-electron chi connectivity index (χ2n) is 2.94. The predicted octanol–water partition coefficient (Wildman–Crippen LogP) is 3.66. The summed E-state index contributed by atoms with van der Waals surface area (Å²) in [5, 5.41) is 4.07. The van der Waals surface area contributed by atoms with Gasteiger partial charge in [-0.05, 0) is 64.1 Å². The Morgan fingerprint density at radius 3 is 2.38 bits per heavy atom. The lowest BCUT2D eigenvalue weighted by Gasteiger charge is -2.15. The van der Waals surface area contributed by atoms with Gasteiger partial charge in [-0.25, -0.2) is 4.78 Å². The van der Waals surface area contributed by atoms with Gasteiger partial charge in [0.1, 0.15) is 5.75 Å². The summed E-state index contributed by atoms with van der Waals surface area (Å²) in [5.41, 5.74) is 0.921. The van der Waals surface area contributed by atoms with E-state index in [9.17, 15) is 0 Å². The van der Waals surface area contributed by atoms with Gasteiger partial charge in [0.25, 0.3) is 0 Å². The minimum Gasteiger partial charge on any atom is -0.497 e. The molecule has 0 amide bonds. The summed E-state index contributed by atoms with van der Waals surface area (Å²) in [7, 11) is 3.27. The topological polar surface area (TPSA) is 24.8 Å². The van der Waals surface area contributed by atoms with E-state index >= 15 is 0 Å². The predicted molar refractivity (Wildman–Crippen MR) is 74.3 cm³/mol. The molecule has 3 nitrogen and oxygen atoms in total. The Bertz CT molecular complexity index is 418. The van der Waals surface area contributed by atoms with Crippen LogP contribution in [0.2, 0.25) is 0 Å². The molecule has 0 aliphatic rings. The van der Waals surface area contributed by atoms with Crippen molar-refractivity contribution < 1.29 is 4.74 Å². The zero-order valence-corrected chi connectivity index (χ0v) is 12.0. The van der Waals surface area contributed by atoms with Crippen LogP contribution in [-0.4, -0.2) is 25.2 Å². The molecule has 0 heterocycles. The molecule has 0 unspecified atom stereocenters. The summed E-state index contributed by atoms with van der Waals surface area (Å²) in [6.07, 6.45) is 1.64. The molecular formula is C9H11Cl2N2OPS. The molecule has 1 rings (SSSR count). The van der Waals surface area contributed by atoms with Gasteiger partial charge in [-0.15, -0.1) is 0 Å². The van der Waals surface area contributed by atoms with Crippen LogP contribution in [0, 0.1) is 0 Å². The van der Waals surface area contributed by atoms with E-state index in [1.807, 2.05) is 24.3 Å². The molecule has 0 spiro atoms. The van der Waals surface area contributed by atoms with Gasteiger partial charge in [0.2, 0.25) is 4.89 Å². The molecule has 0 bridgehead atoms. The fourth-order valence-corrected chi connectivity index (χ4v) is 1.43. The molecule has 0 aliphatic heterocycles. The summed E-state index contributed by atoms with van der Waals surface area (Å²) in [6, 6.07) is 7.45. The quantitative estimate of drug-likeness (QED) is 0.481. The molecule has 88 valence electrons. The Labute approximate surface area is 110 Å². The van der Waals surface area contributed by atoms with E-state index in [2.05, 4.69) is 5.10 Å². The number of ether oxygens (including phenoxy) is 1. The van der Waals surface area contributed by atoms with Crippen LogP contribution >= 0.6 is 27.4 Å². The first-order valence-electron chi connectivity index (χ1n) is 4.35. The summed E-state index contributed by atoms with van der Waals surface area (Å²) in [6.45, 7) is 0. The standard InChI is InChI=1S/C9H11Cl2N2OPS/c1-13(15(10,11)16)12-7-8-3-5-9(14-2)6-4-8/h3-7H,1-2H3. The molecule has 0 fully saturated rings. The molecule has 0 aromatic heterocycles. The number of halogens is 2. The fourth-order valence-electron chi connectivity index (χ4n) is 0.900. The van der Waals surface area contributed by atoms with E-state index in [0.29, 0.717) is 0 Å². The first kappa shape index (κ1) is 13.8. The number of rotatable bonds is 4. The molecule has 16 heavy (non-hydrogen) atoms. The minimum absolute atomic E-state index is 0.797. The summed E-state index contributed by atoms with van der Waals surface area (Å²) < 4.78 is 6.44. The number of benzene rings is 1. The highest BCUT2D eigenvalue weighted by molar-refractivity contribution is 8.37. The van der Waals surface area contributed by atoms with Crippen LogP contribution in [0.1, 0.15) is 5.56 Å². The van der Waals surface area contributed by atoms with E-state index in [0.717, 1.165) is 11.3 Å². The van der Waals surface area contributed by atoms with Crippen molar-refractivity contribution in [3.8, 4) is 5.75 Å². The number of hydrogen-bond donors (Lipinski definition) is 0. The molecule has 1 aromatic rings. The lowest BCUT2D eigenvalue weighted by molar-refractivity contribution is 0.415. The van der Waals surface area contributed by atoms with Crippen LogP contribution in [0.25, 0.3) is 0 Å². The zero-order chi connectivity index (χ0) is 12.2. The highest BCUT2D eigenvalue weighted by Crippen LogP contribution is 2.59. The van der Waals surface area contributed by atoms with Gasteiger partial charge in [-0.2, -0.15) is 5.10 Å². The normalized spacial score (nSPS) is 11.8. The molecule has 1 aromatic carbocycles. The van der Waals surface area contributed by atoms with Gasteiger partial charge in [-0.3, -0.25) is 0 Å². The average molecular weight is 297 g/mol. The fraction of sp³-hybridized carbons (Fsp3) is 0.222. The van der Waals surface area contributed by atoms with Crippen molar-refractivity contribution in [2.75, 3.05) is 14.2 Å². The van der Waals surface area contributed by atoms with Crippen molar-refractivity contribution in [3.63, 3.8) is 0 Å². The first-order valence-corrected chi connectivity index (χ1v) is 8.91.